The maximum Gasteiger partial charge on any atom is 0.241 e. The zero-order valence-corrected chi connectivity index (χ0v) is 28.2. The van der Waals surface area contributed by atoms with Gasteiger partial charge < -0.3 is 33.2 Å². The first-order chi connectivity index (χ1) is 20.8. The summed E-state index contributed by atoms with van der Waals surface area (Å²) >= 11 is 0. The molecule has 0 fully saturated rings. The van der Waals surface area contributed by atoms with Gasteiger partial charge in [0.2, 0.25) is 11.8 Å². The molecule has 0 saturated heterocycles. The molecular formula is C34H70N7O2-. The predicted molar refractivity (Wildman–Crippen MR) is 184 cm³/mol. The fraction of sp³-hybridized carbons (Fsp3) is 0.912. The van der Waals surface area contributed by atoms with Crippen LogP contribution in [-0.4, -0.2) is 60.9 Å². The van der Waals surface area contributed by atoms with Crippen LogP contribution < -0.4 is 22.5 Å². The number of rotatable bonds is 31. The van der Waals surface area contributed by atoms with Gasteiger partial charge in [-0.15, -0.1) is 0 Å². The number of amides is 2. The third-order valence-electron chi connectivity index (χ3n) is 8.20. The SMILES string of the molecule is CCCCCCCCCCCCCCCCN(CCCCCCCCC)C(=O)C(N)CNC(=O)C([NH-])CCCN=C(N)N. The molecule has 0 saturated carbocycles. The predicted octanol–water partition coefficient (Wildman–Crippen LogP) is 6.96. The van der Waals surface area contributed by atoms with Gasteiger partial charge in [0, 0.05) is 26.2 Å². The second-order valence-corrected chi connectivity index (χ2v) is 12.4. The Bertz CT molecular complexity index is 686. The van der Waals surface area contributed by atoms with E-state index in [1.54, 1.807) is 0 Å². The highest BCUT2D eigenvalue weighted by Crippen LogP contribution is 2.14. The molecule has 8 N–H and O–H groups in total. The summed E-state index contributed by atoms with van der Waals surface area (Å²) in [5.74, 6) is -0.514. The minimum Gasteiger partial charge on any atom is -0.667 e. The number of nitrogens with one attached hydrogen (secondary N) is 2. The standard InChI is InChI=1S/C34H70N7O2/c1-3-5-7-9-11-12-13-14-15-16-17-19-21-23-28-41(27-22-20-18-10-8-6-4-2)33(43)31(36)29-40-32(42)30(35)25-24-26-39-34(37)38/h30-31,35H,3-29,36H2,1-2H3,(H,40,42)(H4,37,38,39)/q-1. The van der Waals surface area contributed by atoms with Crippen molar-refractivity contribution in [3.8, 4) is 0 Å². The Kier molecular flexibility index (Phi) is 28.9. The lowest BCUT2D eigenvalue weighted by Crippen LogP contribution is -2.51. The third kappa shape index (κ3) is 26.3. The molecule has 0 spiro atoms. The van der Waals surface area contributed by atoms with Crippen molar-refractivity contribution in [2.75, 3.05) is 26.2 Å². The Balaban J connectivity index is 4.39. The van der Waals surface area contributed by atoms with E-state index in [1.165, 1.54) is 109 Å². The highest BCUT2D eigenvalue weighted by atomic mass is 16.2. The lowest BCUT2D eigenvalue weighted by Gasteiger charge is -2.27. The van der Waals surface area contributed by atoms with Gasteiger partial charge in [-0.05, 0) is 19.3 Å². The molecule has 2 atom stereocenters. The number of guanidine groups is 1. The molecule has 2 amide bonds. The average Bonchev–Trinajstić information content (AvgIpc) is 2.99. The number of carbonyl (C=O) groups is 2. The van der Waals surface area contributed by atoms with Crippen LogP contribution in [0.15, 0.2) is 4.99 Å². The van der Waals surface area contributed by atoms with Crippen LogP contribution in [0.25, 0.3) is 5.73 Å². The summed E-state index contributed by atoms with van der Waals surface area (Å²) in [6.45, 7) is 6.37. The lowest BCUT2D eigenvalue weighted by atomic mass is 10.0. The number of nitrogens with zero attached hydrogens (tertiary/aromatic N) is 2. The molecule has 0 bridgehead atoms. The second-order valence-electron chi connectivity index (χ2n) is 12.4. The minimum absolute atomic E-state index is 0.00518. The first-order valence-electron chi connectivity index (χ1n) is 17.9. The smallest absolute Gasteiger partial charge is 0.241 e. The normalized spacial score (nSPS) is 12.6. The van der Waals surface area contributed by atoms with Crippen molar-refractivity contribution in [3.63, 3.8) is 0 Å². The molecule has 0 rings (SSSR count). The summed E-state index contributed by atoms with van der Waals surface area (Å²) in [5, 5.41) is 2.70. The van der Waals surface area contributed by atoms with E-state index in [4.69, 9.17) is 22.9 Å². The van der Waals surface area contributed by atoms with Gasteiger partial charge in [0.25, 0.3) is 0 Å². The summed E-state index contributed by atoms with van der Waals surface area (Å²) in [6, 6.07) is -1.73. The summed E-state index contributed by atoms with van der Waals surface area (Å²) in [6.07, 6.45) is 27.6. The van der Waals surface area contributed by atoms with Gasteiger partial charge in [-0.25, -0.2) is 0 Å². The van der Waals surface area contributed by atoms with E-state index in [9.17, 15) is 9.59 Å². The molecular weight excluding hydrogens is 538 g/mol. The molecule has 254 valence electrons. The van der Waals surface area contributed by atoms with Crippen molar-refractivity contribution in [1.82, 2.24) is 10.2 Å². The fourth-order valence-corrected chi connectivity index (χ4v) is 5.38. The molecule has 2 unspecified atom stereocenters. The maximum atomic E-state index is 13.2. The van der Waals surface area contributed by atoms with Crippen LogP contribution in [0.1, 0.15) is 162 Å². The van der Waals surface area contributed by atoms with Gasteiger partial charge in [0.1, 0.15) is 6.04 Å². The summed E-state index contributed by atoms with van der Waals surface area (Å²) < 4.78 is 0. The third-order valence-corrected chi connectivity index (χ3v) is 8.20. The maximum absolute atomic E-state index is 13.2. The Morgan fingerprint density at radius 2 is 1.07 bits per heavy atom. The number of nitrogens with two attached hydrogens (primary N) is 3. The number of hydrogen-bond acceptors (Lipinski definition) is 4. The quantitative estimate of drug-likeness (QED) is 0.0379. The van der Waals surface area contributed by atoms with Crippen molar-refractivity contribution in [2.45, 2.75) is 174 Å². The van der Waals surface area contributed by atoms with Gasteiger partial charge in [0.05, 0.1) is 0 Å². The molecule has 0 aliphatic rings. The molecule has 0 radical (unpaired) electrons. The molecule has 0 aromatic carbocycles. The average molecular weight is 609 g/mol. The van der Waals surface area contributed by atoms with Gasteiger partial charge in [-0.3, -0.25) is 14.6 Å². The van der Waals surface area contributed by atoms with Crippen LogP contribution in [0.4, 0.5) is 0 Å². The Morgan fingerprint density at radius 3 is 1.47 bits per heavy atom. The number of unbranched alkanes of at least 4 members (excludes halogenated alkanes) is 19. The zero-order valence-electron chi connectivity index (χ0n) is 28.2. The molecule has 0 aliphatic carbocycles. The highest BCUT2D eigenvalue weighted by molar-refractivity contribution is 5.85. The van der Waals surface area contributed by atoms with Crippen LogP contribution in [0.3, 0.4) is 0 Å². The van der Waals surface area contributed by atoms with E-state index in [1.807, 2.05) is 4.90 Å². The summed E-state index contributed by atoms with van der Waals surface area (Å²) in [5.41, 5.74) is 24.9. The van der Waals surface area contributed by atoms with Crippen molar-refractivity contribution in [3.05, 3.63) is 5.73 Å². The molecule has 0 aromatic heterocycles. The van der Waals surface area contributed by atoms with E-state index in [-0.39, 0.29) is 18.4 Å². The Morgan fingerprint density at radius 1 is 0.674 bits per heavy atom. The first kappa shape index (κ1) is 41.1. The van der Waals surface area contributed by atoms with E-state index in [0.717, 1.165) is 38.8 Å². The van der Waals surface area contributed by atoms with E-state index in [2.05, 4.69) is 24.2 Å². The van der Waals surface area contributed by atoms with Gasteiger partial charge >= 0.3 is 0 Å². The highest BCUT2D eigenvalue weighted by Gasteiger charge is 2.21. The number of carbonyl (C=O) groups excluding carboxylic acids is 2. The Labute approximate surface area is 265 Å². The van der Waals surface area contributed by atoms with Crippen LogP contribution in [0.5, 0.6) is 0 Å². The summed E-state index contributed by atoms with van der Waals surface area (Å²) in [4.78, 5) is 31.4. The topological polar surface area (TPSA) is 164 Å². The molecule has 0 aromatic rings. The molecule has 9 nitrogen and oxygen atoms in total. The zero-order chi connectivity index (χ0) is 32.0. The van der Waals surface area contributed by atoms with Gasteiger partial charge in [-0.1, -0.05) is 148 Å². The molecule has 9 heteroatoms. The van der Waals surface area contributed by atoms with Gasteiger partial charge in [0.15, 0.2) is 5.96 Å². The Hall–Kier alpha value is -1.87. The summed E-state index contributed by atoms with van der Waals surface area (Å²) in [7, 11) is 0. The first-order valence-corrected chi connectivity index (χ1v) is 17.9. The van der Waals surface area contributed by atoms with Crippen molar-refractivity contribution in [2.24, 2.45) is 22.2 Å². The van der Waals surface area contributed by atoms with Crippen LogP contribution in [0, 0.1) is 0 Å². The number of hydrogen-bond donors (Lipinski definition) is 4. The lowest BCUT2D eigenvalue weighted by molar-refractivity contribution is -0.132. The van der Waals surface area contributed by atoms with Crippen LogP contribution >= 0.6 is 0 Å². The van der Waals surface area contributed by atoms with Crippen molar-refractivity contribution < 1.29 is 9.59 Å². The monoisotopic (exact) mass is 609 g/mol. The number of aliphatic imine (C=N–C) groups is 1. The fourth-order valence-electron chi connectivity index (χ4n) is 5.38. The van der Waals surface area contributed by atoms with Gasteiger partial charge in [-0.2, -0.15) is 0 Å². The minimum atomic E-state index is -0.934. The van der Waals surface area contributed by atoms with Crippen LogP contribution in [-0.2, 0) is 9.59 Å². The second kappa shape index (κ2) is 30.2. The molecule has 43 heavy (non-hydrogen) atoms. The van der Waals surface area contributed by atoms with E-state index in [0.29, 0.717) is 19.4 Å². The molecule has 0 aliphatic heterocycles. The van der Waals surface area contributed by atoms with Crippen molar-refractivity contribution in [1.29, 1.82) is 0 Å². The van der Waals surface area contributed by atoms with Crippen molar-refractivity contribution >= 4 is 17.8 Å². The molecule has 0 heterocycles. The van der Waals surface area contributed by atoms with E-state index < -0.39 is 18.0 Å². The largest absolute Gasteiger partial charge is 0.667 e. The van der Waals surface area contributed by atoms with Crippen LogP contribution in [0.2, 0.25) is 0 Å². The van der Waals surface area contributed by atoms with E-state index >= 15 is 0 Å².